The molecule has 132 valence electrons. The zero-order valence-electron chi connectivity index (χ0n) is 14.9. The number of nitrogens with one attached hydrogen (secondary N) is 1. The molecule has 0 aromatic carbocycles. The number of morpholine rings is 1. The third-order valence-electron chi connectivity index (χ3n) is 4.76. The van der Waals surface area contributed by atoms with Gasteiger partial charge in [-0.05, 0) is 39.6 Å². The average Bonchev–Trinajstić information content (AvgIpc) is 2.81. The number of amides is 1. The summed E-state index contributed by atoms with van der Waals surface area (Å²) in [6, 6.07) is 6.13. The summed E-state index contributed by atoms with van der Waals surface area (Å²) in [5.41, 5.74) is 2.13. The molecule has 0 radical (unpaired) electrons. The first kappa shape index (κ1) is 17.3. The van der Waals surface area contributed by atoms with Crippen LogP contribution in [0.25, 0.3) is 0 Å². The number of hydrogen-bond donors (Lipinski definition) is 1. The number of carbonyl (C=O) groups excluding carboxylic acids is 1. The zero-order chi connectivity index (χ0) is 17.1. The van der Waals surface area contributed by atoms with Gasteiger partial charge in [-0.1, -0.05) is 6.07 Å². The first-order valence-corrected chi connectivity index (χ1v) is 8.74. The molecule has 1 aromatic heterocycles. The quantitative estimate of drug-likeness (QED) is 0.829. The smallest absolute Gasteiger partial charge is 0.225 e. The van der Waals surface area contributed by atoms with E-state index in [2.05, 4.69) is 26.2 Å². The van der Waals surface area contributed by atoms with Crippen LogP contribution in [0.1, 0.15) is 17.8 Å². The first-order chi connectivity index (χ1) is 11.5. The van der Waals surface area contributed by atoms with Crippen LogP contribution in [-0.2, 0) is 16.1 Å². The van der Waals surface area contributed by atoms with Crippen molar-refractivity contribution in [3.8, 4) is 0 Å². The van der Waals surface area contributed by atoms with E-state index in [9.17, 15) is 4.79 Å². The Balaban J connectivity index is 1.53. The van der Waals surface area contributed by atoms with Gasteiger partial charge < -0.3 is 15.0 Å². The molecule has 3 atom stereocenters. The van der Waals surface area contributed by atoms with E-state index in [1.807, 2.05) is 33.2 Å². The van der Waals surface area contributed by atoms with Crippen LogP contribution in [0.4, 0.5) is 0 Å². The molecule has 3 heterocycles. The zero-order valence-corrected chi connectivity index (χ0v) is 14.9. The van der Waals surface area contributed by atoms with Crippen LogP contribution in [0.15, 0.2) is 18.2 Å². The van der Waals surface area contributed by atoms with Gasteiger partial charge in [0, 0.05) is 38.4 Å². The minimum absolute atomic E-state index is 0.00733. The molecule has 0 unspecified atom stereocenters. The largest absolute Gasteiger partial charge is 0.371 e. The molecule has 6 heteroatoms. The molecule has 0 spiro atoms. The number of aryl methyl sites for hydroxylation is 1. The number of hydrogen-bond acceptors (Lipinski definition) is 5. The summed E-state index contributed by atoms with van der Waals surface area (Å²) in [4.78, 5) is 21.5. The fraction of sp³-hybridized carbons (Fsp3) is 0.667. The molecule has 1 amide bonds. The van der Waals surface area contributed by atoms with Crippen molar-refractivity contribution in [1.82, 2.24) is 20.1 Å². The van der Waals surface area contributed by atoms with Crippen LogP contribution in [0.2, 0.25) is 0 Å². The van der Waals surface area contributed by atoms with E-state index in [4.69, 9.17) is 4.74 Å². The Morgan fingerprint density at radius 1 is 1.42 bits per heavy atom. The van der Waals surface area contributed by atoms with E-state index in [0.29, 0.717) is 6.54 Å². The lowest BCUT2D eigenvalue weighted by molar-refractivity contribution is -0.128. The Kier molecular flexibility index (Phi) is 5.48. The Bertz CT molecular complexity index is 578. The molecular formula is C18H28N4O2. The van der Waals surface area contributed by atoms with Crippen LogP contribution in [0.3, 0.4) is 0 Å². The normalized spacial score (nSPS) is 26.8. The van der Waals surface area contributed by atoms with Crippen molar-refractivity contribution in [3.05, 3.63) is 29.6 Å². The Morgan fingerprint density at radius 2 is 2.25 bits per heavy atom. The maximum Gasteiger partial charge on any atom is 0.225 e. The number of fused-ring (bicyclic) bond motifs is 2. The predicted octanol–water partition coefficient (Wildman–Crippen LogP) is 0.657. The first-order valence-electron chi connectivity index (χ1n) is 8.74. The molecule has 24 heavy (non-hydrogen) atoms. The molecule has 2 aliphatic heterocycles. The van der Waals surface area contributed by atoms with E-state index in [1.165, 1.54) is 0 Å². The van der Waals surface area contributed by atoms with Crippen molar-refractivity contribution < 1.29 is 9.53 Å². The number of carbonyl (C=O) groups is 1. The average molecular weight is 332 g/mol. The minimum Gasteiger partial charge on any atom is -0.371 e. The van der Waals surface area contributed by atoms with Gasteiger partial charge >= 0.3 is 0 Å². The van der Waals surface area contributed by atoms with Crippen molar-refractivity contribution in [3.63, 3.8) is 0 Å². The second-order valence-corrected chi connectivity index (χ2v) is 7.20. The summed E-state index contributed by atoms with van der Waals surface area (Å²) in [6.45, 7) is 6.08. The molecule has 1 N–H and O–H groups in total. The molecule has 2 saturated heterocycles. The SMILES string of the molecule is Cc1cccc(CN2C[C@H]3C[C@H](C(=O)NCCN(C)C)[C@@H](C2)O3)n1. The monoisotopic (exact) mass is 332 g/mol. The van der Waals surface area contributed by atoms with Crippen molar-refractivity contribution in [2.45, 2.75) is 32.1 Å². The molecule has 6 nitrogen and oxygen atoms in total. The van der Waals surface area contributed by atoms with Crippen LogP contribution < -0.4 is 5.32 Å². The van der Waals surface area contributed by atoms with Gasteiger partial charge in [0.15, 0.2) is 0 Å². The number of ether oxygens (including phenoxy) is 1. The van der Waals surface area contributed by atoms with Crippen LogP contribution in [0.5, 0.6) is 0 Å². The summed E-state index contributed by atoms with van der Waals surface area (Å²) in [5, 5.41) is 3.05. The minimum atomic E-state index is -0.0207. The van der Waals surface area contributed by atoms with Crippen molar-refractivity contribution in [2.75, 3.05) is 40.3 Å². The number of likely N-dealkylation sites (N-methyl/N-ethyl adjacent to an activating group) is 1. The third-order valence-corrected chi connectivity index (χ3v) is 4.76. The molecule has 3 rings (SSSR count). The van der Waals surface area contributed by atoms with Crippen LogP contribution in [0, 0.1) is 12.8 Å². The second-order valence-electron chi connectivity index (χ2n) is 7.20. The summed E-state index contributed by atoms with van der Waals surface area (Å²) >= 11 is 0. The molecule has 2 bridgehead atoms. The van der Waals surface area contributed by atoms with Gasteiger partial charge in [-0.2, -0.15) is 0 Å². The highest BCUT2D eigenvalue weighted by atomic mass is 16.5. The maximum atomic E-state index is 12.4. The van der Waals surface area contributed by atoms with E-state index >= 15 is 0 Å². The molecule has 0 aliphatic carbocycles. The summed E-state index contributed by atoms with van der Waals surface area (Å²) < 4.78 is 6.02. The van der Waals surface area contributed by atoms with Crippen LogP contribution >= 0.6 is 0 Å². The Hall–Kier alpha value is -1.50. The highest BCUT2D eigenvalue weighted by molar-refractivity contribution is 5.79. The standard InChI is InChI=1S/C18H28N4O2/c1-13-5-4-6-14(20-13)10-22-11-15-9-16(17(12-22)24-15)18(23)19-7-8-21(2)3/h4-6,15-17H,7-12H2,1-3H3,(H,19,23)/t15-,16+,17-/m1/s1. The fourth-order valence-corrected chi connectivity index (χ4v) is 3.59. The number of pyridine rings is 1. The number of nitrogens with zero attached hydrogens (tertiary/aromatic N) is 3. The lowest BCUT2D eigenvalue weighted by Gasteiger charge is -2.32. The van der Waals surface area contributed by atoms with Gasteiger partial charge in [0.1, 0.15) is 0 Å². The Morgan fingerprint density at radius 3 is 3.00 bits per heavy atom. The van der Waals surface area contributed by atoms with Gasteiger partial charge in [0.25, 0.3) is 0 Å². The van der Waals surface area contributed by atoms with E-state index in [0.717, 1.165) is 44.0 Å². The summed E-state index contributed by atoms with van der Waals surface area (Å²) in [7, 11) is 4.02. The van der Waals surface area contributed by atoms with E-state index in [-0.39, 0.29) is 24.0 Å². The van der Waals surface area contributed by atoms with Crippen molar-refractivity contribution >= 4 is 5.91 Å². The lowest BCUT2D eigenvalue weighted by Crippen LogP contribution is -2.45. The lowest BCUT2D eigenvalue weighted by atomic mass is 9.99. The maximum absolute atomic E-state index is 12.4. The highest BCUT2D eigenvalue weighted by Gasteiger charge is 2.44. The highest BCUT2D eigenvalue weighted by Crippen LogP contribution is 2.32. The molecule has 1 aromatic rings. The predicted molar refractivity (Wildman–Crippen MR) is 92.6 cm³/mol. The van der Waals surface area contributed by atoms with Gasteiger partial charge in [-0.15, -0.1) is 0 Å². The van der Waals surface area contributed by atoms with Gasteiger partial charge in [-0.25, -0.2) is 0 Å². The number of rotatable bonds is 6. The molecule has 2 fully saturated rings. The molecule has 0 saturated carbocycles. The molecule has 2 aliphatic rings. The third kappa shape index (κ3) is 4.32. The number of aromatic nitrogens is 1. The van der Waals surface area contributed by atoms with E-state index < -0.39 is 0 Å². The van der Waals surface area contributed by atoms with E-state index in [1.54, 1.807) is 0 Å². The van der Waals surface area contributed by atoms with Crippen molar-refractivity contribution in [2.24, 2.45) is 5.92 Å². The number of likely N-dealkylation sites (tertiary alicyclic amines) is 1. The topological polar surface area (TPSA) is 57.7 Å². The second kappa shape index (κ2) is 7.59. The van der Waals surface area contributed by atoms with Gasteiger partial charge in [0.2, 0.25) is 5.91 Å². The van der Waals surface area contributed by atoms with Crippen LogP contribution in [-0.4, -0.2) is 73.2 Å². The summed E-state index contributed by atoms with van der Waals surface area (Å²) in [5.74, 6) is 0.118. The van der Waals surface area contributed by atoms with Gasteiger partial charge in [0.05, 0.1) is 23.8 Å². The Labute approximate surface area is 144 Å². The fourth-order valence-electron chi connectivity index (χ4n) is 3.59. The van der Waals surface area contributed by atoms with Crippen molar-refractivity contribution in [1.29, 1.82) is 0 Å². The van der Waals surface area contributed by atoms with Gasteiger partial charge in [-0.3, -0.25) is 14.7 Å². The molecular weight excluding hydrogens is 304 g/mol. The summed E-state index contributed by atoms with van der Waals surface area (Å²) in [6.07, 6.45) is 1.00.